The van der Waals surface area contributed by atoms with Gasteiger partial charge in [0.05, 0.1) is 5.60 Å². The predicted molar refractivity (Wildman–Crippen MR) is 75.1 cm³/mol. The van der Waals surface area contributed by atoms with E-state index >= 15 is 0 Å². The molecule has 0 unspecified atom stereocenters. The fourth-order valence-corrected chi connectivity index (χ4v) is 1.80. The van der Waals surface area contributed by atoms with Gasteiger partial charge in [0.15, 0.2) is 0 Å². The Morgan fingerprint density at radius 2 is 2.11 bits per heavy atom. The second-order valence-electron chi connectivity index (χ2n) is 5.30. The molecule has 0 aliphatic carbocycles. The van der Waals surface area contributed by atoms with Gasteiger partial charge in [-0.15, -0.1) is 0 Å². The van der Waals surface area contributed by atoms with Crippen molar-refractivity contribution >= 4 is 11.8 Å². The van der Waals surface area contributed by atoms with Crippen molar-refractivity contribution in [3.63, 3.8) is 0 Å². The van der Waals surface area contributed by atoms with Gasteiger partial charge >= 0.3 is 0 Å². The maximum atomic E-state index is 9.85. The van der Waals surface area contributed by atoms with E-state index in [2.05, 4.69) is 22.2 Å². The molecule has 0 fully saturated rings. The van der Waals surface area contributed by atoms with E-state index in [1.54, 1.807) is 20.0 Å². The molecule has 18 heavy (non-hydrogen) atoms. The molecule has 2 N–H and O–H groups in total. The highest BCUT2D eigenvalue weighted by molar-refractivity contribution is 5.48. The van der Waals surface area contributed by atoms with Gasteiger partial charge in [0.1, 0.15) is 5.82 Å². The van der Waals surface area contributed by atoms with Gasteiger partial charge in [-0.05, 0) is 27.2 Å². The van der Waals surface area contributed by atoms with E-state index in [0.29, 0.717) is 12.5 Å². The number of hydrogen-bond acceptors (Lipinski definition) is 5. The van der Waals surface area contributed by atoms with Crippen molar-refractivity contribution in [1.82, 2.24) is 9.97 Å². The van der Waals surface area contributed by atoms with Crippen molar-refractivity contribution < 1.29 is 5.11 Å². The normalized spacial score (nSPS) is 11.4. The van der Waals surface area contributed by atoms with Crippen molar-refractivity contribution in [2.45, 2.75) is 39.7 Å². The van der Waals surface area contributed by atoms with E-state index in [1.165, 1.54) is 0 Å². The third kappa shape index (κ3) is 4.49. The minimum absolute atomic E-state index is 0.526. The summed E-state index contributed by atoms with van der Waals surface area (Å²) in [6.45, 7) is 9.03. The van der Waals surface area contributed by atoms with Crippen LogP contribution in [0.15, 0.2) is 6.20 Å². The fraction of sp³-hybridized carbons (Fsp3) is 0.692. The largest absolute Gasteiger partial charge is 0.389 e. The van der Waals surface area contributed by atoms with Crippen molar-refractivity contribution in [3.8, 4) is 0 Å². The summed E-state index contributed by atoms with van der Waals surface area (Å²) >= 11 is 0. The fourth-order valence-electron chi connectivity index (χ4n) is 1.80. The van der Waals surface area contributed by atoms with Gasteiger partial charge in [0.2, 0.25) is 5.95 Å². The van der Waals surface area contributed by atoms with Gasteiger partial charge < -0.3 is 15.3 Å². The quantitative estimate of drug-likeness (QED) is 0.808. The molecule has 1 heterocycles. The second kappa shape index (κ2) is 6.00. The van der Waals surface area contributed by atoms with E-state index in [-0.39, 0.29) is 0 Å². The first-order valence-corrected chi connectivity index (χ1v) is 6.34. The molecule has 102 valence electrons. The van der Waals surface area contributed by atoms with Crippen LogP contribution in [0.25, 0.3) is 0 Å². The SMILES string of the molecule is CCCNc1ncc(C)c(N(C)CC(C)(C)O)n1. The average Bonchev–Trinajstić information content (AvgIpc) is 2.25. The number of hydrogen-bond donors (Lipinski definition) is 2. The molecule has 5 nitrogen and oxygen atoms in total. The number of aliphatic hydroxyl groups is 1. The molecule has 1 aromatic heterocycles. The van der Waals surface area contributed by atoms with Crippen LogP contribution in [0.3, 0.4) is 0 Å². The molecular formula is C13H24N4O. The summed E-state index contributed by atoms with van der Waals surface area (Å²) in [7, 11) is 1.93. The molecule has 1 aromatic rings. The van der Waals surface area contributed by atoms with E-state index < -0.39 is 5.60 Å². The third-order valence-electron chi connectivity index (χ3n) is 2.46. The lowest BCUT2D eigenvalue weighted by molar-refractivity contribution is 0.0884. The summed E-state index contributed by atoms with van der Waals surface area (Å²) in [5.41, 5.74) is 0.257. The topological polar surface area (TPSA) is 61.3 Å². The predicted octanol–water partition coefficient (Wildman–Crippen LogP) is 1.81. The van der Waals surface area contributed by atoms with Gasteiger partial charge in [0, 0.05) is 31.9 Å². The standard InChI is InChI=1S/C13H24N4O/c1-6-7-14-12-15-8-10(2)11(16-12)17(5)9-13(3,4)18/h8,18H,6-7,9H2,1-5H3,(H,14,15,16). The Bertz CT molecular complexity index is 387. The van der Waals surface area contributed by atoms with Gasteiger partial charge in [-0.25, -0.2) is 4.98 Å². The summed E-state index contributed by atoms with van der Waals surface area (Å²) in [4.78, 5) is 10.7. The molecule has 0 bridgehead atoms. The van der Waals surface area contributed by atoms with Gasteiger partial charge in [-0.2, -0.15) is 4.98 Å². The number of aromatic nitrogens is 2. The van der Waals surface area contributed by atoms with Crippen molar-refractivity contribution in [1.29, 1.82) is 0 Å². The highest BCUT2D eigenvalue weighted by Gasteiger charge is 2.18. The summed E-state index contributed by atoms with van der Waals surface area (Å²) < 4.78 is 0. The van der Waals surface area contributed by atoms with Crippen LogP contribution in [0, 0.1) is 6.92 Å². The smallest absolute Gasteiger partial charge is 0.224 e. The van der Waals surface area contributed by atoms with Crippen LogP contribution in [0.2, 0.25) is 0 Å². The van der Waals surface area contributed by atoms with Crippen LogP contribution < -0.4 is 10.2 Å². The zero-order valence-electron chi connectivity index (χ0n) is 12.0. The summed E-state index contributed by atoms with van der Waals surface area (Å²) in [6, 6.07) is 0. The van der Waals surface area contributed by atoms with Crippen molar-refractivity contribution in [2.24, 2.45) is 0 Å². The monoisotopic (exact) mass is 252 g/mol. The van der Waals surface area contributed by atoms with Crippen molar-refractivity contribution in [3.05, 3.63) is 11.8 Å². The number of aryl methyl sites for hydroxylation is 1. The van der Waals surface area contributed by atoms with Crippen LogP contribution in [0.5, 0.6) is 0 Å². The lowest BCUT2D eigenvalue weighted by Gasteiger charge is -2.27. The van der Waals surface area contributed by atoms with Gasteiger partial charge in [0.25, 0.3) is 0 Å². The van der Waals surface area contributed by atoms with E-state index in [9.17, 15) is 5.11 Å². The van der Waals surface area contributed by atoms with E-state index in [1.807, 2.05) is 18.9 Å². The van der Waals surface area contributed by atoms with Crippen LogP contribution in [-0.2, 0) is 0 Å². The summed E-state index contributed by atoms with van der Waals surface area (Å²) in [5.74, 6) is 1.49. The molecule has 5 heteroatoms. The Kier molecular flexibility index (Phi) is 4.90. The number of likely N-dealkylation sites (N-methyl/N-ethyl adjacent to an activating group) is 1. The maximum Gasteiger partial charge on any atom is 0.224 e. The van der Waals surface area contributed by atoms with Crippen LogP contribution in [0.1, 0.15) is 32.8 Å². The molecule has 0 atom stereocenters. The zero-order valence-corrected chi connectivity index (χ0v) is 12.0. The molecule has 0 aliphatic heterocycles. The Labute approximate surface area is 109 Å². The Balaban J connectivity index is 2.86. The van der Waals surface area contributed by atoms with E-state index in [0.717, 1.165) is 24.3 Å². The minimum Gasteiger partial charge on any atom is -0.389 e. The summed E-state index contributed by atoms with van der Waals surface area (Å²) in [5, 5.41) is 13.0. The molecule has 0 amide bonds. The Morgan fingerprint density at radius 3 is 2.67 bits per heavy atom. The number of anilines is 2. The van der Waals surface area contributed by atoms with E-state index in [4.69, 9.17) is 0 Å². The molecule has 0 aliphatic rings. The maximum absolute atomic E-state index is 9.85. The third-order valence-corrected chi connectivity index (χ3v) is 2.46. The van der Waals surface area contributed by atoms with Crippen molar-refractivity contribution in [2.75, 3.05) is 30.4 Å². The average molecular weight is 252 g/mol. The lowest BCUT2D eigenvalue weighted by atomic mass is 10.1. The van der Waals surface area contributed by atoms with Crippen LogP contribution in [0.4, 0.5) is 11.8 Å². The highest BCUT2D eigenvalue weighted by Crippen LogP contribution is 2.18. The van der Waals surface area contributed by atoms with Gasteiger partial charge in [-0.3, -0.25) is 0 Å². The Hall–Kier alpha value is -1.36. The van der Waals surface area contributed by atoms with Crippen LogP contribution in [-0.4, -0.2) is 40.8 Å². The first kappa shape index (κ1) is 14.7. The molecule has 0 saturated heterocycles. The molecule has 0 saturated carbocycles. The Morgan fingerprint density at radius 1 is 1.44 bits per heavy atom. The molecule has 0 radical (unpaired) electrons. The molecule has 1 rings (SSSR count). The molecular weight excluding hydrogens is 228 g/mol. The molecule has 0 aromatic carbocycles. The highest BCUT2D eigenvalue weighted by atomic mass is 16.3. The number of rotatable bonds is 6. The second-order valence-corrected chi connectivity index (χ2v) is 5.30. The minimum atomic E-state index is -0.747. The van der Waals surface area contributed by atoms with Crippen LogP contribution >= 0.6 is 0 Å². The first-order valence-electron chi connectivity index (χ1n) is 6.34. The molecule has 0 spiro atoms. The number of nitrogens with zero attached hydrogens (tertiary/aromatic N) is 3. The van der Waals surface area contributed by atoms with Gasteiger partial charge in [-0.1, -0.05) is 6.92 Å². The lowest BCUT2D eigenvalue weighted by Crippen LogP contribution is -2.37. The summed E-state index contributed by atoms with van der Waals surface area (Å²) in [6.07, 6.45) is 2.84. The zero-order chi connectivity index (χ0) is 13.8. The first-order chi connectivity index (χ1) is 8.33. The number of nitrogens with one attached hydrogen (secondary N) is 1.